The summed E-state index contributed by atoms with van der Waals surface area (Å²) in [6.45, 7) is 2.15. The highest BCUT2D eigenvalue weighted by atomic mass is 16.5. The van der Waals surface area contributed by atoms with Crippen molar-refractivity contribution in [1.82, 2.24) is 10.2 Å². The first kappa shape index (κ1) is 6.86. The van der Waals surface area contributed by atoms with E-state index in [1.165, 1.54) is 0 Å². The van der Waals surface area contributed by atoms with Crippen molar-refractivity contribution >= 4 is 6.41 Å². The summed E-state index contributed by atoms with van der Waals surface area (Å²) in [5.41, 5.74) is 0. The number of carbonyl (C=O) groups is 1. The van der Waals surface area contributed by atoms with Crippen LogP contribution in [0.4, 0.5) is 0 Å². The summed E-state index contributed by atoms with van der Waals surface area (Å²) in [4.78, 5) is 12.8. The average Bonchev–Trinajstić information content (AvgIpc) is 2.61. The van der Waals surface area contributed by atoms with Crippen molar-refractivity contribution in [3.05, 3.63) is 0 Å². The van der Waals surface area contributed by atoms with Crippen LogP contribution in [0.5, 0.6) is 0 Å². The summed E-state index contributed by atoms with van der Waals surface area (Å²) in [5.74, 6) is 0. The summed E-state index contributed by atoms with van der Waals surface area (Å²) in [6, 6.07) is 0.732. The number of nitrogens with zero attached hydrogens (tertiary/aromatic N) is 1. The van der Waals surface area contributed by atoms with Crippen molar-refractivity contribution < 1.29 is 9.53 Å². The summed E-state index contributed by atoms with van der Waals surface area (Å²) < 4.78 is 5.75. The fourth-order valence-corrected chi connectivity index (χ4v) is 2.87. The van der Waals surface area contributed by atoms with Gasteiger partial charge in [0.2, 0.25) is 6.41 Å². The monoisotopic (exact) mass is 168 g/mol. The minimum atomic E-state index is 0.257. The van der Waals surface area contributed by atoms with Crippen molar-refractivity contribution in [3.63, 3.8) is 0 Å². The molecule has 2 bridgehead atoms. The molecule has 4 heteroatoms. The molecular weight excluding hydrogens is 156 g/mol. The van der Waals surface area contributed by atoms with Gasteiger partial charge in [0.25, 0.3) is 0 Å². The zero-order chi connectivity index (χ0) is 8.13. The Labute approximate surface area is 70.9 Å². The molecule has 3 aliphatic rings. The maximum atomic E-state index is 10.3. The van der Waals surface area contributed by atoms with Crippen LogP contribution in [-0.4, -0.2) is 48.7 Å². The quantitative estimate of drug-likeness (QED) is 0.535. The highest BCUT2D eigenvalue weighted by molar-refractivity contribution is 5.48. The second-order valence-electron chi connectivity index (χ2n) is 3.80. The Kier molecular flexibility index (Phi) is 1.26. The number of carbonyl (C=O) groups excluding carboxylic acids is 1. The van der Waals surface area contributed by atoms with Crippen molar-refractivity contribution in [2.75, 3.05) is 13.1 Å². The Morgan fingerprint density at radius 3 is 3.17 bits per heavy atom. The molecule has 3 rings (SSSR count). The highest BCUT2D eigenvalue weighted by Crippen LogP contribution is 2.39. The van der Waals surface area contributed by atoms with Crippen molar-refractivity contribution in [2.45, 2.75) is 30.7 Å². The van der Waals surface area contributed by atoms with Crippen LogP contribution in [0.25, 0.3) is 0 Å². The molecule has 1 N–H and O–H groups in total. The zero-order valence-electron chi connectivity index (χ0n) is 6.77. The summed E-state index contributed by atoms with van der Waals surface area (Å²) in [5, 5.41) is 2.86. The molecule has 0 aromatic rings. The number of morpholine rings is 1. The third-order valence-electron chi connectivity index (χ3n) is 3.30. The van der Waals surface area contributed by atoms with Crippen LogP contribution in [0.1, 0.15) is 6.42 Å². The van der Waals surface area contributed by atoms with Crippen LogP contribution in [0.15, 0.2) is 0 Å². The molecule has 0 aliphatic carbocycles. The maximum absolute atomic E-state index is 10.3. The summed E-state index contributed by atoms with van der Waals surface area (Å²) >= 11 is 0. The molecule has 3 saturated heterocycles. The van der Waals surface area contributed by atoms with Gasteiger partial charge in [0.15, 0.2) is 0 Å². The fourth-order valence-electron chi connectivity index (χ4n) is 2.87. The van der Waals surface area contributed by atoms with E-state index in [0.717, 1.165) is 25.9 Å². The average molecular weight is 168 g/mol. The first-order valence-corrected chi connectivity index (χ1v) is 4.49. The number of fused-ring (bicyclic) bond motifs is 1. The van der Waals surface area contributed by atoms with Crippen LogP contribution in [0.3, 0.4) is 0 Å². The van der Waals surface area contributed by atoms with Gasteiger partial charge in [-0.2, -0.15) is 0 Å². The maximum Gasteiger partial charge on any atom is 0.207 e. The lowest BCUT2D eigenvalue weighted by molar-refractivity contribution is -0.110. The Hall–Kier alpha value is -0.610. The predicted molar refractivity (Wildman–Crippen MR) is 41.6 cm³/mol. The lowest BCUT2D eigenvalue weighted by Crippen LogP contribution is -2.41. The molecule has 0 aromatic carbocycles. The molecule has 66 valence electrons. The van der Waals surface area contributed by atoms with E-state index in [4.69, 9.17) is 4.74 Å². The van der Waals surface area contributed by atoms with E-state index >= 15 is 0 Å². The number of ether oxygens (including phenoxy) is 1. The molecule has 4 atom stereocenters. The third-order valence-corrected chi connectivity index (χ3v) is 3.30. The number of rotatable bonds is 2. The largest absolute Gasteiger partial charge is 0.370 e. The lowest BCUT2D eigenvalue weighted by Gasteiger charge is -2.21. The predicted octanol–water partition coefficient (Wildman–Crippen LogP) is -1.04. The molecule has 3 heterocycles. The smallest absolute Gasteiger partial charge is 0.207 e. The Balaban J connectivity index is 1.86. The zero-order valence-corrected chi connectivity index (χ0v) is 6.77. The molecule has 0 spiro atoms. The Bertz CT molecular complexity index is 207. The van der Waals surface area contributed by atoms with Crippen LogP contribution in [-0.2, 0) is 9.53 Å². The minimum absolute atomic E-state index is 0.257. The lowest BCUT2D eigenvalue weighted by atomic mass is 10.1. The van der Waals surface area contributed by atoms with Gasteiger partial charge in [-0.15, -0.1) is 0 Å². The van der Waals surface area contributed by atoms with Crippen LogP contribution >= 0.6 is 0 Å². The minimum Gasteiger partial charge on any atom is -0.370 e. The first-order valence-electron chi connectivity index (χ1n) is 4.49. The van der Waals surface area contributed by atoms with Gasteiger partial charge >= 0.3 is 0 Å². The SMILES string of the molecule is O=CN[C@H]1[C@H]2[C@@H]3CCN2C[C@H]1O3. The van der Waals surface area contributed by atoms with E-state index in [1.807, 2.05) is 0 Å². The van der Waals surface area contributed by atoms with Crippen molar-refractivity contribution in [3.8, 4) is 0 Å². The summed E-state index contributed by atoms with van der Waals surface area (Å²) in [6.07, 6.45) is 2.58. The van der Waals surface area contributed by atoms with Gasteiger partial charge in [-0.1, -0.05) is 0 Å². The van der Waals surface area contributed by atoms with E-state index in [0.29, 0.717) is 12.1 Å². The van der Waals surface area contributed by atoms with E-state index in [-0.39, 0.29) is 12.1 Å². The fraction of sp³-hybridized carbons (Fsp3) is 0.875. The summed E-state index contributed by atoms with van der Waals surface area (Å²) in [7, 11) is 0. The highest BCUT2D eigenvalue weighted by Gasteiger charge is 2.56. The Morgan fingerprint density at radius 2 is 2.42 bits per heavy atom. The van der Waals surface area contributed by atoms with Gasteiger partial charge in [-0.05, 0) is 6.42 Å². The topological polar surface area (TPSA) is 41.6 Å². The van der Waals surface area contributed by atoms with E-state index < -0.39 is 0 Å². The molecule has 0 unspecified atom stereocenters. The third kappa shape index (κ3) is 0.671. The molecule has 0 aromatic heterocycles. The number of hydrogen-bond donors (Lipinski definition) is 1. The second kappa shape index (κ2) is 2.20. The van der Waals surface area contributed by atoms with Gasteiger partial charge in [-0.25, -0.2) is 0 Å². The van der Waals surface area contributed by atoms with E-state index in [2.05, 4.69) is 10.2 Å². The number of nitrogens with one attached hydrogen (secondary N) is 1. The molecule has 0 radical (unpaired) electrons. The van der Waals surface area contributed by atoms with Gasteiger partial charge in [-0.3, -0.25) is 9.69 Å². The molecular formula is C8H12N2O2. The molecule has 3 fully saturated rings. The first-order chi connectivity index (χ1) is 5.90. The molecule has 1 amide bonds. The van der Waals surface area contributed by atoms with Crippen LogP contribution in [0, 0.1) is 0 Å². The van der Waals surface area contributed by atoms with Crippen molar-refractivity contribution in [1.29, 1.82) is 0 Å². The van der Waals surface area contributed by atoms with E-state index in [1.54, 1.807) is 0 Å². The molecule has 0 saturated carbocycles. The van der Waals surface area contributed by atoms with E-state index in [9.17, 15) is 4.79 Å². The number of amides is 1. The van der Waals surface area contributed by atoms with Gasteiger partial charge in [0, 0.05) is 13.1 Å². The molecule has 4 nitrogen and oxygen atoms in total. The van der Waals surface area contributed by atoms with Crippen molar-refractivity contribution in [2.24, 2.45) is 0 Å². The van der Waals surface area contributed by atoms with Crippen LogP contribution in [0.2, 0.25) is 0 Å². The Morgan fingerprint density at radius 1 is 1.50 bits per heavy atom. The molecule has 12 heavy (non-hydrogen) atoms. The van der Waals surface area contributed by atoms with Gasteiger partial charge < -0.3 is 10.1 Å². The standard InChI is InChI=1S/C8H12N2O2/c11-4-9-7-6-3-10-2-1-5(12-6)8(7)10/h4-8H,1-3H2,(H,9,11)/t5-,6+,7+,8+/m0/s1. The van der Waals surface area contributed by atoms with Gasteiger partial charge in [0.1, 0.15) is 0 Å². The van der Waals surface area contributed by atoms with Gasteiger partial charge in [0.05, 0.1) is 24.3 Å². The second-order valence-corrected chi connectivity index (χ2v) is 3.80. The normalized spacial score (nSPS) is 50.0. The molecule has 3 aliphatic heterocycles. The number of hydrogen-bond acceptors (Lipinski definition) is 3. The van der Waals surface area contributed by atoms with Crippen LogP contribution < -0.4 is 5.32 Å².